The number of rotatable bonds is 8. The third kappa shape index (κ3) is 4.59. The minimum atomic E-state index is -1.10. The predicted molar refractivity (Wildman–Crippen MR) is 130 cm³/mol. The second-order valence-corrected chi connectivity index (χ2v) is 7.86. The lowest BCUT2D eigenvalue weighted by atomic mass is 10.0. The Labute approximate surface area is 197 Å². The van der Waals surface area contributed by atoms with Crippen molar-refractivity contribution in [2.45, 2.75) is 32.3 Å². The van der Waals surface area contributed by atoms with Crippen LogP contribution in [0.4, 0.5) is 5.82 Å². The van der Waals surface area contributed by atoms with Gasteiger partial charge in [-0.1, -0.05) is 53.7 Å². The van der Waals surface area contributed by atoms with E-state index < -0.39 is 12.4 Å². The molecular weight excluding hydrogens is 430 g/mol. The lowest BCUT2D eigenvalue weighted by Gasteiger charge is -2.16. The molecule has 0 saturated heterocycles. The van der Waals surface area contributed by atoms with Gasteiger partial charge in [-0.05, 0) is 36.2 Å². The smallest absolute Gasteiger partial charge is 0.198 e. The van der Waals surface area contributed by atoms with Gasteiger partial charge in [-0.2, -0.15) is 0 Å². The predicted octanol–water partition coefficient (Wildman–Crippen LogP) is 4.48. The number of nitrogens with one attached hydrogen (secondary N) is 1. The molecular formula is C26H25N5O3. The van der Waals surface area contributed by atoms with Crippen LogP contribution in [-0.2, 0) is 16.1 Å². The van der Waals surface area contributed by atoms with E-state index in [1.807, 2.05) is 55.5 Å². The Morgan fingerprint density at radius 3 is 2.71 bits per heavy atom. The van der Waals surface area contributed by atoms with Gasteiger partial charge < -0.3 is 20.0 Å². The Balaban J connectivity index is 1.54. The monoisotopic (exact) mass is 455 g/mol. The van der Waals surface area contributed by atoms with Gasteiger partial charge in [-0.25, -0.2) is 9.97 Å². The van der Waals surface area contributed by atoms with E-state index in [1.54, 1.807) is 6.20 Å². The molecule has 172 valence electrons. The Morgan fingerprint density at radius 1 is 1.06 bits per heavy atom. The number of anilines is 1. The van der Waals surface area contributed by atoms with Crippen LogP contribution in [0.1, 0.15) is 31.0 Å². The summed E-state index contributed by atoms with van der Waals surface area (Å²) in [6.07, 6.45) is 0.516. The SMILES string of the molecule is CCOC(O)C1=NOC(c2nc(NCc3ccccn3)c3c(-c4ccccc4)cccc3n2)C1. The molecule has 2 unspecified atom stereocenters. The van der Waals surface area contributed by atoms with Gasteiger partial charge in [0, 0.05) is 19.2 Å². The summed E-state index contributed by atoms with van der Waals surface area (Å²) >= 11 is 0. The maximum Gasteiger partial charge on any atom is 0.198 e. The summed E-state index contributed by atoms with van der Waals surface area (Å²) in [5.41, 5.74) is 4.22. The van der Waals surface area contributed by atoms with Crippen molar-refractivity contribution >= 4 is 22.4 Å². The highest BCUT2D eigenvalue weighted by atomic mass is 16.7. The molecule has 3 heterocycles. The molecule has 1 aliphatic rings. The molecule has 0 aliphatic carbocycles. The molecule has 8 heteroatoms. The van der Waals surface area contributed by atoms with Crippen LogP contribution in [0.2, 0.25) is 0 Å². The van der Waals surface area contributed by atoms with Crippen molar-refractivity contribution in [1.82, 2.24) is 15.0 Å². The third-order valence-corrected chi connectivity index (χ3v) is 5.58. The van der Waals surface area contributed by atoms with Crippen LogP contribution in [0.3, 0.4) is 0 Å². The molecule has 8 nitrogen and oxygen atoms in total. The van der Waals surface area contributed by atoms with Crippen molar-refractivity contribution in [3.05, 3.63) is 84.4 Å². The highest BCUT2D eigenvalue weighted by molar-refractivity contribution is 6.01. The van der Waals surface area contributed by atoms with Gasteiger partial charge in [0.2, 0.25) is 0 Å². The van der Waals surface area contributed by atoms with E-state index >= 15 is 0 Å². The number of aliphatic hydroxyl groups excluding tert-OH is 1. The van der Waals surface area contributed by atoms with Gasteiger partial charge >= 0.3 is 0 Å². The van der Waals surface area contributed by atoms with Crippen LogP contribution in [0, 0.1) is 0 Å². The number of nitrogens with zero attached hydrogens (tertiary/aromatic N) is 4. The highest BCUT2D eigenvalue weighted by Gasteiger charge is 2.30. The van der Waals surface area contributed by atoms with Crippen molar-refractivity contribution in [2.75, 3.05) is 11.9 Å². The molecule has 1 aliphatic heterocycles. The second-order valence-electron chi connectivity index (χ2n) is 7.86. The summed E-state index contributed by atoms with van der Waals surface area (Å²) in [5, 5.41) is 18.5. The molecule has 0 fully saturated rings. The molecule has 0 spiro atoms. The maximum absolute atomic E-state index is 10.1. The molecule has 2 N–H and O–H groups in total. The Hall–Kier alpha value is -3.88. The fourth-order valence-electron chi connectivity index (χ4n) is 3.94. The minimum Gasteiger partial charge on any atom is -0.384 e. The molecule has 4 aromatic rings. The molecule has 0 saturated carbocycles. The first-order chi connectivity index (χ1) is 16.7. The zero-order valence-electron chi connectivity index (χ0n) is 18.8. The number of hydrogen-bond acceptors (Lipinski definition) is 8. The first-order valence-electron chi connectivity index (χ1n) is 11.2. The van der Waals surface area contributed by atoms with Gasteiger partial charge in [0.05, 0.1) is 23.1 Å². The van der Waals surface area contributed by atoms with Crippen molar-refractivity contribution in [2.24, 2.45) is 5.16 Å². The average molecular weight is 456 g/mol. The van der Waals surface area contributed by atoms with Gasteiger partial charge in [0.25, 0.3) is 0 Å². The number of ether oxygens (including phenoxy) is 1. The lowest BCUT2D eigenvalue weighted by molar-refractivity contribution is -0.0451. The van der Waals surface area contributed by atoms with Gasteiger partial charge in [-0.3, -0.25) is 4.98 Å². The van der Waals surface area contributed by atoms with E-state index in [4.69, 9.17) is 19.5 Å². The van der Waals surface area contributed by atoms with Crippen LogP contribution in [0.25, 0.3) is 22.0 Å². The Morgan fingerprint density at radius 2 is 1.91 bits per heavy atom. The van der Waals surface area contributed by atoms with Crippen LogP contribution in [0.5, 0.6) is 0 Å². The molecule has 34 heavy (non-hydrogen) atoms. The zero-order chi connectivity index (χ0) is 23.3. The zero-order valence-corrected chi connectivity index (χ0v) is 18.8. The van der Waals surface area contributed by atoms with Gasteiger partial charge in [0.15, 0.2) is 18.2 Å². The van der Waals surface area contributed by atoms with Gasteiger partial charge in [0.1, 0.15) is 11.5 Å². The van der Waals surface area contributed by atoms with Crippen LogP contribution < -0.4 is 5.32 Å². The van der Waals surface area contributed by atoms with Crippen molar-refractivity contribution < 1.29 is 14.7 Å². The quantitative estimate of drug-likeness (QED) is 0.378. The Bertz CT molecular complexity index is 1300. The molecule has 2 aromatic carbocycles. The van der Waals surface area contributed by atoms with E-state index in [9.17, 15) is 5.11 Å². The highest BCUT2D eigenvalue weighted by Crippen LogP contribution is 2.35. The summed E-state index contributed by atoms with van der Waals surface area (Å²) in [6.45, 7) is 2.69. The number of benzene rings is 2. The summed E-state index contributed by atoms with van der Waals surface area (Å²) < 4.78 is 5.24. The van der Waals surface area contributed by atoms with E-state index in [-0.39, 0.29) is 0 Å². The van der Waals surface area contributed by atoms with Crippen molar-refractivity contribution in [1.29, 1.82) is 0 Å². The standard InChI is InChI=1S/C26H25N5O3/c1-2-33-26(32)21-15-22(34-31-21)24-29-20-13-8-12-19(17-9-4-3-5-10-17)23(20)25(30-24)28-16-18-11-6-7-14-27-18/h3-14,22,26,32H,2,15-16H2,1H3,(H,28,29,30). The Kier molecular flexibility index (Phi) is 6.42. The summed E-state index contributed by atoms with van der Waals surface area (Å²) in [4.78, 5) is 19.7. The number of oxime groups is 1. The van der Waals surface area contributed by atoms with Crippen LogP contribution >= 0.6 is 0 Å². The summed E-state index contributed by atoms with van der Waals surface area (Å²) in [5.74, 6) is 1.18. The molecule has 2 aromatic heterocycles. The molecule has 0 amide bonds. The molecule has 2 atom stereocenters. The molecule has 5 rings (SSSR count). The van der Waals surface area contributed by atoms with E-state index in [0.29, 0.717) is 36.9 Å². The summed E-state index contributed by atoms with van der Waals surface area (Å²) in [6, 6.07) is 22.0. The lowest BCUT2D eigenvalue weighted by Crippen LogP contribution is -2.23. The number of hydrogen-bond donors (Lipinski definition) is 2. The van der Waals surface area contributed by atoms with Crippen molar-refractivity contribution in [3.8, 4) is 11.1 Å². The molecule has 0 radical (unpaired) electrons. The number of pyridine rings is 1. The maximum atomic E-state index is 10.1. The van der Waals surface area contributed by atoms with Gasteiger partial charge in [-0.15, -0.1) is 0 Å². The van der Waals surface area contributed by atoms with Crippen molar-refractivity contribution in [3.63, 3.8) is 0 Å². The topological polar surface area (TPSA) is 102 Å². The average Bonchev–Trinajstić information content (AvgIpc) is 3.39. The summed E-state index contributed by atoms with van der Waals surface area (Å²) in [7, 11) is 0. The van der Waals surface area contributed by atoms with E-state index in [1.165, 1.54) is 0 Å². The number of aromatic nitrogens is 3. The largest absolute Gasteiger partial charge is 0.384 e. The van der Waals surface area contributed by atoms with Crippen LogP contribution in [0.15, 0.2) is 78.1 Å². The molecule has 0 bridgehead atoms. The number of fused-ring (bicyclic) bond motifs is 1. The first-order valence-corrected chi connectivity index (χ1v) is 11.2. The number of aliphatic hydroxyl groups is 1. The normalized spacial score (nSPS) is 16.2. The fourth-order valence-corrected chi connectivity index (χ4v) is 3.94. The third-order valence-electron chi connectivity index (χ3n) is 5.58. The second kappa shape index (κ2) is 9.94. The first kappa shape index (κ1) is 21.9. The van der Waals surface area contributed by atoms with E-state index in [0.717, 1.165) is 27.7 Å². The van der Waals surface area contributed by atoms with Crippen LogP contribution in [-0.4, -0.2) is 38.7 Å². The van der Waals surface area contributed by atoms with E-state index in [2.05, 4.69) is 33.7 Å². The fraction of sp³-hybridized carbons (Fsp3) is 0.231. The minimum absolute atomic E-state index is 0.352.